The number of nitrogens with one attached hydrogen (secondary N) is 1. The van der Waals surface area contributed by atoms with E-state index in [4.69, 9.17) is 4.74 Å². The van der Waals surface area contributed by atoms with Gasteiger partial charge in [-0.15, -0.1) is 0 Å². The molecule has 5 nitrogen and oxygen atoms in total. The molecule has 2 atom stereocenters. The van der Waals surface area contributed by atoms with Crippen molar-refractivity contribution in [2.75, 3.05) is 13.2 Å². The number of hydrogen-bond donors (Lipinski definition) is 1. The van der Waals surface area contributed by atoms with Crippen LogP contribution in [0.1, 0.15) is 52.4 Å². The highest BCUT2D eigenvalue weighted by Crippen LogP contribution is 2.34. The van der Waals surface area contributed by atoms with Crippen LogP contribution in [-0.4, -0.2) is 47.6 Å². The van der Waals surface area contributed by atoms with Gasteiger partial charge in [0, 0.05) is 6.61 Å². The first kappa shape index (κ1) is 14.8. The summed E-state index contributed by atoms with van der Waals surface area (Å²) in [7, 11) is 0. The van der Waals surface area contributed by atoms with Gasteiger partial charge in [0.15, 0.2) is 0 Å². The van der Waals surface area contributed by atoms with Gasteiger partial charge in [0.05, 0.1) is 12.6 Å². The van der Waals surface area contributed by atoms with Crippen molar-refractivity contribution in [2.24, 2.45) is 5.92 Å². The van der Waals surface area contributed by atoms with Gasteiger partial charge in [-0.05, 0) is 39.0 Å². The van der Waals surface area contributed by atoms with Gasteiger partial charge in [-0.2, -0.15) is 0 Å². The van der Waals surface area contributed by atoms with Crippen molar-refractivity contribution in [1.29, 1.82) is 0 Å². The molecule has 1 N–H and O–H groups in total. The van der Waals surface area contributed by atoms with Crippen LogP contribution in [0.4, 0.5) is 0 Å². The number of amides is 2. The number of nitrogens with zero attached hydrogens (tertiary/aromatic N) is 1. The van der Waals surface area contributed by atoms with Gasteiger partial charge in [0.1, 0.15) is 11.6 Å². The molecule has 118 valence electrons. The second-order valence-corrected chi connectivity index (χ2v) is 7.19. The molecule has 3 aliphatic rings. The zero-order valence-corrected chi connectivity index (χ0v) is 13.1. The van der Waals surface area contributed by atoms with Crippen LogP contribution in [0, 0.1) is 5.92 Å². The van der Waals surface area contributed by atoms with Gasteiger partial charge in [0.25, 0.3) is 0 Å². The number of hydrogen-bond acceptors (Lipinski definition) is 3. The van der Waals surface area contributed by atoms with Crippen molar-refractivity contribution in [1.82, 2.24) is 10.2 Å². The van der Waals surface area contributed by atoms with Gasteiger partial charge in [-0.3, -0.25) is 9.59 Å². The quantitative estimate of drug-likeness (QED) is 0.839. The van der Waals surface area contributed by atoms with Crippen molar-refractivity contribution < 1.29 is 14.3 Å². The van der Waals surface area contributed by atoms with Gasteiger partial charge in [-0.1, -0.05) is 19.3 Å². The molecule has 2 unspecified atom stereocenters. The standard InChI is InChI=1S/C16H26N2O3/c1-16(2)15(20)18(12-8-9-21-10-12)13(14(19)17-16)11-6-4-3-5-7-11/h11-13H,3-10H2,1-2H3,(H,17,19). The van der Waals surface area contributed by atoms with E-state index in [2.05, 4.69) is 5.32 Å². The normalized spacial score (nSPS) is 34.1. The fraction of sp³-hybridized carbons (Fsp3) is 0.875. The third-order valence-electron chi connectivity index (χ3n) is 5.17. The Kier molecular flexibility index (Phi) is 3.95. The molecule has 0 radical (unpaired) electrons. The molecular weight excluding hydrogens is 268 g/mol. The Bertz CT molecular complexity index is 423. The third-order valence-corrected chi connectivity index (χ3v) is 5.17. The Morgan fingerprint density at radius 1 is 1.14 bits per heavy atom. The van der Waals surface area contributed by atoms with Gasteiger partial charge in [-0.25, -0.2) is 0 Å². The summed E-state index contributed by atoms with van der Waals surface area (Å²) in [4.78, 5) is 27.4. The highest BCUT2D eigenvalue weighted by Gasteiger charge is 2.50. The Hall–Kier alpha value is -1.10. The maximum atomic E-state index is 12.9. The van der Waals surface area contributed by atoms with E-state index < -0.39 is 5.54 Å². The minimum absolute atomic E-state index is 0.0263. The van der Waals surface area contributed by atoms with E-state index in [1.807, 2.05) is 4.90 Å². The molecular formula is C16H26N2O3. The van der Waals surface area contributed by atoms with Crippen LogP contribution in [0.5, 0.6) is 0 Å². The highest BCUT2D eigenvalue weighted by atomic mass is 16.5. The average Bonchev–Trinajstić information content (AvgIpc) is 2.96. The van der Waals surface area contributed by atoms with Gasteiger partial charge < -0.3 is 15.0 Å². The van der Waals surface area contributed by atoms with Crippen molar-refractivity contribution in [3.63, 3.8) is 0 Å². The van der Waals surface area contributed by atoms with E-state index in [9.17, 15) is 9.59 Å². The van der Waals surface area contributed by atoms with Gasteiger partial charge >= 0.3 is 0 Å². The van der Waals surface area contributed by atoms with Crippen molar-refractivity contribution in [2.45, 2.75) is 70.0 Å². The lowest BCUT2D eigenvalue weighted by Crippen LogP contribution is -2.71. The van der Waals surface area contributed by atoms with Crippen LogP contribution in [0.15, 0.2) is 0 Å². The predicted octanol–water partition coefficient (Wildman–Crippen LogP) is 1.46. The molecule has 2 amide bonds. The van der Waals surface area contributed by atoms with Crippen LogP contribution in [0.2, 0.25) is 0 Å². The Morgan fingerprint density at radius 3 is 2.48 bits per heavy atom. The molecule has 0 bridgehead atoms. The summed E-state index contributed by atoms with van der Waals surface area (Å²) < 4.78 is 5.47. The van der Waals surface area contributed by atoms with Crippen LogP contribution in [-0.2, 0) is 14.3 Å². The Labute approximate surface area is 126 Å². The van der Waals surface area contributed by atoms with Gasteiger partial charge in [0.2, 0.25) is 11.8 Å². The second kappa shape index (κ2) is 5.59. The number of rotatable bonds is 2. The summed E-state index contributed by atoms with van der Waals surface area (Å²) in [6, 6.07) is -0.229. The van der Waals surface area contributed by atoms with E-state index in [1.165, 1.54) is 19.3 Å². The molecule has 3 fully saturated rings. The minimum atomic E-state index is -0.801. The molecule has 5 heteroatoms. The molecule has 1 saturated carbocycles. The molecule has 0 aromatic carbocycles. The first-order valence-corrected chi connectivity index (χ1v) is 8.23. The summed E-state index contributed by atoms with van der Waals surface area (Å²) in [5.74, 6) is 0.381. The van der Waals surface area contributed by atoms with Crippen LogP contribution < -0.4 is 5.32 Å². The Morgan fingerprint density at radius 2 is 1.86 bits per heavy atom. The smallest absolute Gasteiger partial charge is 0.248 e. The zero-order valence-electron chi connectivity index (χ0n) is 13.1. The molecule has 0 spiro atoms. The lowest BCUT2D eigenvalue weighted by Gasteiger charge is -2.48. The van der Waals surface area contributed by atoms with E-state index >= 15 is 0 Å². The van der Waals surface area contributed by atoms with Crippen LogP contribution in [0.25, 0.3) is 0 Å². The van der Waals surface area contributed by atoms with Crippen LogP contribution >= 0.6 is 0 Å². The minimum Gasteiger partial charge on any atom is -0.379 e. The van der Waals surface area contributed by atoms with Crippen molar-refractivity contribution in [3.8, 4) is 0 Å². The molecule has 0 aromatic heterocycles. The van der Waals surface area contributed by atoms with Crippen LogP contribution in [0.3, 0.4) is 0 Å². The fourth-order valence-corrected chi connectivity index (χ4v) is 4.04. The highest BCUT2D eigenvalue weighted by molar-refractivity contribution is 5.99. The van der Waals surface area contributed by atoms with E-state index in [1.54, 1.807) is 13.8 Å². The number of carbonyl (C=O) groups excluding carboxylic acids is 2. The topological polar surface area (TPSA) is 58.6 Å². The molecule has 1 aliphatic carbocycles. The molecule has 2 saturated heterocycles. The number of carbonyl (C=O) groups is 2. The maximum absolute atomic E-state index is 12.9. The SMILES string of the molecule is CC1(C)NC(=O)C(C2CCCCC2)N(C2CCOC2)C1=O. The largest absolute Gasteiger partial charge is 0.379 e. The molecule has 2 heterocycles. The summed E-state index contributed by atoms with van der Waals surface area (Å²) in [5.41, 5.74) is -0.801. The first-order chi connectivity index (χ1) is 10.0. The summed E-state index contributed by atoms with van der Waals surface area (Å²) in [5, 5.41) is 2.94. The van der Waals surface area contributed by atoms with E-state index in [0.717, 1.165) is 19.3 Å². The molecule has 2 aliphatic heterocycles. The Balaban J connectivity index is 1.89. The van der Waals surface area contributed by atoms with E-state index in [-0.39, 0.29) is 23.9 Å². The average molecular weight is 294 g/mol. The van der Waals surface area contributed by atoms with E-state index in [0.29, 0.717) is 19.1 Å². The second-order valence-electron chi connectivity index (χ2n) is 7.19. The molecule has 3 rings (SSSR count). The summed E-state index contributed by atoms with van der Waals surface area (Å²) in [6.07, 6.45) is 6.53. The van der Waals surface area contributed by atoms with Crippen molar-refractivity contribution in [3.05, 3.63) is 0 Å². The van der Waals surface area contributed by atoms with Crippen molar-refractivity contribution >= 4 is 11.8 Å². The maximum Gasteiger partial charge on any atom is 0.248 e. The lowest BCUT2D eigenvalue weighted by atomic mass is 9.80. The summed E-state index contributed by atoms with van der Waals surface area (Å²) >= 11 is 0. The first-order valence-electron chi connectivity index (χ1n) is 8.23. The molecule has 21 heavy (non-hydrogen) atoms. The number of ether oxygens (including phenoxy) is 1. The lowest BCUT2D eigenvalue weighted by molar-refractivity contribution is -0.159. The molecule has 0 aromatic rings. The summed E-state index contributed by atoms with van der Waals surface area (Å²) in [6.45, 7) is 4.85. The monoisotopic (exact) mass is 294 g/mol. The zero-order chi connectivity index (χ0) is 15.0. The fourth-order valence-electron chi connectivity index (χ4n) is 4.04. The third kappa shape index (κ3) is 2.68. The number of piperazine rings is 1. The predicted molar refractivity (Wildman–Crippen MR) is 78.7 cm³/mol.